The van der Waals surface area contributed by atoms with Gasteiger partial charge in [0, 0.05) is 38.2 Å². The Balaban J connectivity index is 1.80. The number of nitrogens with one attached hydrogen (secondary N) is 1. The van der Waals surface area contributed by atoms with E-state index >= 15 is 0 Å². The molecular formula is C21H19ClFN5O3. The van der Waals surface area contributed by atoms with Gasteiger partial charge >= 0.3 is 0 Å². The van der Waals surface area contributed by atoms with Crippen LogP contribution < -0.4 is 5.32 Å². The van der Waals surface area contributed by atoms with Crippen LogP contribution >= 0.6 is 11.6 Å². The van der Waals surface area contributed by atoms with Crippen LogP contribution in [0.1, 0.15) is 16.1 Å². The molecule has 4 rings (SSSR count). The zero-order valence-corrected chi connectivity index (χ0v) is 17.4. The standard InChI is InChI=1S/C21H19ClFN5O3/c1-31-12-13-6-14(10-24-9-13)19-8-18(21(30)27-5-4-25-20(29)11-27)26-28(19)15-2-3-17(23)16(22)7-15/h2-3,6-10H,4-5,11-12H2,1H3,(H,25,29). The van der Waals surface area contributed by atoms with Gasteiger partial charge in [-0.25, -0.2) is 9.07 Å². The predicted octanol–water partition coefficient (Wildman–Crippen LogP) is 2.45. The van der Waals surface area contributed by atoms with Crippen molar-refractivity contribution in [1.82, 2.24) is 25.0 Å². The third kappa shape index (κ3) is 4.42. The number of halogens is 2. The summed E-state index contributed by atoms with van der Waals surface area (Å²) in [6, 6.07) is 7.69. The van der Waals surface area contributed by atoms with Gasteiger partial charge in [-0.15, -0.1) is 0 Å². The maximum atomic E-state index is 13.7. The number of ether oxygens (including phenoxy) is 1. The molecule has 160 valence electrons. The van der Waals surface area contributed by atoms with Gasteiger partial charge in [-0.05, 0) is 35.9 Å². The normalized spacial score (nSPS) is 13.9. The molecule has 1 saturated heterocycles. The largest absolute Gasteiger partial charge is 0.380 e. The fourth-order valence-corrected chi connectivity index (χ4v) is 3.53. The lowest BCUT2D eigenvalue weighted by atomic mass is 10.1. The van der Waals surface area contributed by atoms with E-state index in [-0.39, 0.29) is 29.1 Å². The van der Waals surface area contributed by atoms with Crippen LogP contribution in [-0.2, 0) is 16.1 Å². The molecule has 1 fully saturated rings. The number of hydrogen-bond acceptors (Lipinski definition) is 5. The smallest absolute Gasteiger partial charge is 0.274 e. The van der Waals surface area contributed by atoms with Crippen LogP contribution in [0.4, 0.5) is 4.39 Å². The lowest BCUT2D eigenvalue weighted by molar-refractivity contribution is -0.123. The molecule has 3 heterocycles. The molecule has 0 atom stereocenters. The number of pyridine rings is 1. The molecule has 0 spiro atoms. The van der Waals surface area contributed by atoms with Crippen LogP contribution in [0, 0.1) is 5.82 Å². The van der Waals surface area contributed by atoms with Gasteiger partial charge in [-0.1, -0.05) is 11.6 Å². The lowest BCUT2D eigenvalue weighted by Gasteiger charge is -2.25. The number of rotatable bonds is 5. The third-order valence-electron chi connectivity index (χ3n) is 4.80. The van der Waals surface area contributed by atoms with Crippen molar-refractivity contribution < 1.29 is 18.7 Å². The average Bonchev–Trinajstić information content (AvgIpc) is 3.21. The minimum Gasteiger partial charge on any atom is -0.380 e. The number of piperazine rings is 1. The molecule has 2 amide bonds. The van der Waals surface area contributed by atoms with E-state index in [1.165, 1.54) is 27.8 Å². The molecule has 1 aromatic carbocycles. The Labute approximate surface area is 182 Å². The zero-order chi connectivity index (χ0) is 22.0. The second kappa shape index (κ2) is 8.83. The monoisotopic (exact) mass is 443 g/mol. The van der Waals surface area contributed by atoms with Gasteiger partial charge in [-0.3, -0.25) is 14.6 Å². The molecule has 3 aromatic rings. The predicted molar refractivity (Wildman–Crippen MR) is 111 cm³/mol. The molecule has 0 saturated carbocycles. The van der Waals surface area contributed by atoms with E-state index in [1.54, 1.807) is 25.6 Å². The summed E-state index contributed by atoms with van der Waals surface area (Å²) >= 11 is 5.97. The Morgan fingerprint density at radius 3 is 2.87 bits per heavy atom. The van der Waals surface area contributed by atoms with E-state index in [4.69, 9.17) is 16.3 Å². The van der Waals surface area contributed by atoms with Crippen molar-refractivity contribution in [2.24, 2.45) is 0 Å². The van der Waals surface area contributed by atoms with E-state index in [9.17, 15) is 14.0 Å². The zero-order valence-electron chi connectivity index (χ0n) is 16.6. The van der Waals surface area contributed by atoms with Gasteiger partial charge in [0.15, 0.2) is 5.69 Å². The molecular weight excluding hydrogens is 425 g/mol. The number of nitrogens with zero attached hydrogens (tertiary/aromatic N) is 4. The van der Waals surface area contributed by atoms with Gasteiger partial charge in [0.2, 0.25) is 5.91 Å². The fraction of sp³-hybridized carbons (Fsp3) is 0.238. The summed E-state index contributed by atoms with van der Waals surface area (Å²) in [7, 11) is 1.59. The van der Waals surface area contributed by atoms with Crippen LogP contribution in [-0.4, -0.2) is 58.2 Å². The highest BCUT2D eigenvalue weighted by atomic mass is 35.5. The highest BCUT2D eigenvalue weighted by molar-refractivity contribution is 6.30. The lowest BCUT2D eigenvalue weighted by Crippen LogP contribution is -2.50. The number of carbonyl (C=O) groups excluding carboxylic acids is 2. The molecule has 31 heavy (non-hydrogen) atoms. The minimum atomic E-state index is -0.557. The Hall–Kier alpha value is -3.30. The van der Waals surface area contributed by atoms with E-state index < -0.39 is 5.82 Å². The number of carbonyl (C=O) groups is 2. The molecule has 0 radical (unpaired) electrons. The SMILES string of the molecule is COCc1cncc(-c2cc(C(=O)N3CCNC(=O)C3)nn2-c2ccc(F)c(Cl)c2)c1. The van der Waals surface area contributed by atoms with Crippen LogP contribution in [0.3, 0.4) is 0 Å². The molecule has 1 aliphatic heterocycles. The second-order valence-corrected chi connectivity index (χ2v) is 7.42. The maximum Gasteiger partial charge on any atom is 0.274 e. The van der Waals surface area contributed by atoms with E-state index in [0.29, 0.717) is 36.6 Å². The Morgan fingerprint density at radius 1 is 1.29 bits per heavy atom. The summed E-state index contributed by atoms with van der Waals surface area (Å²) in [4.78, 5) is 30.4. The van der Waals surface area contributed by atoms with Gasteiger partial charge in [0.05, 0.1) is 29.6 Å². The molecule has 1 aliphatic rings. The number of benzene rings is 1. The number of hydrogen-bond donors (Lipinski definition) is 1. The topological polar surface area (TPSA) is 89.3 Å². The van der Waals surface area contributed by atoms with Crippen LogP contribution in [0.25, 0.3) is 16.9 Å². The van der Waals surface area contributed by atoms with Gasteiger partial charge in [-0.2, -0.15) is 5.10 Å². The van der Waals surface area contributed by atoms with Crippen molar-refractivity contribution in [2.45, 2.75) is 6.61 Å². The van der Waals surface area contributed by atoms with Crippen molar-refractivity contribution in [3.8, 4) is 16.9 Å². The maximum absolute atomic E-state index is 13.7. The average molecular weight is 444 g/mol. The number of amides is 2. The van der Waals surface area contributed by atoms with Gasteiger partial charge in [0.25, 0.3) is 5.91 Å². The van der Waals surface area contributed by atoms with Gasteiger partial charge < -0.3 is 15.0 Å². The summed E-state index contributed by atoms with van der Waals surface area (Å²) in [5, 5.41) is 7.08. The Bertz CT molecular complexity index is 1150. The first-order valence-corrected chi connectivity index (χ1v) is 9.89. The summed E-state index contributed by atoms with van der Waals surface area (Å²) < 4.78 is 20.4. The van der Waals surface area contributed by atoms with Crippen LogP contribution in [0.2, 0.25) is 5.02 Å². The summed E-state index contributed by atoms with van der Waals surface area (Å²) in [6.45, 7) is 1.11. The van der Waals surface area contributed by atoms with E-state index in [1.807, 2.05) is 6.07 Å². The summed E-state index contributed by atoms with van der Waals surface area (Å²) in [6.07, 6.45) is 3.32. The minimum absolute atomic E-state index is 0.0334. The van der Waals surface area contributed by atoms with Crippen molar-refractivity contribution in [1.29, 1.82) is 0 Å². The Morgan fingerprint density at radius 2 is 2.13 bits per heavy atom. The molecule has 0 bridgehead atoms. The van der Waals surface area contributed by atoms with E-state index in [2.05, 4.69) is 15.4 Å². The highest BCUT2D eigenvalue weighted by Crippen LogP contribution is 2.27. The first-order chi connectivity index (χ1) is 15.0. The van der Waals surface area contributed by atoms with Crippen LogP contribution in [0.15, 0.2) is 42.7 Å². The third-order valence-corrected chi connectivity index (χ3v) is 5.09. The molecule has 2 aromatic heterocycles. The molecule has 0 unspecified atom stereocenters. The Kier molecular flexibility index (Phi) is 5.97. The van der Waals surface area contributed by atoms with Crippen LogP contribution in [0.5, 0.6) is 0 Å². The second-order valence-electron chi connectivity index (χ2n) is 7.02. The summed E-state index contributed by atoms with van der Waals surface area (Å²) in [5.74, 6) is -1.15. The highest BCUT2D eigenvalue weighted by Gasteiger charge is 2.26. The van der Waals surface area contributed by atoms with Gasteiger partial charge in [0.1, 0.15) is 5.82 Å². The molecule has 10 heteroatoms. The first kappa shape index (κ1) is 21.0. The summed E-state index contributed by atoms with van der Waals surface area (Å²) in [5.41, 5.74) is 2.73. The molecule has 1 N–H and O–H groups in total. The first-order valence-electron chi connectivity index (χ1n) is 9.51. The quantitative estimate of drug-likeness (QED) is 0.654. The molecule has 0 aliphatic carbocycles. The van der Waals surface area contributed by atoms with Crippen molar-refractivity contribution >= 4 is 23.4 Å². The van der Waals surface area contributed by atoms with Crippen molar-refractivity contribution in [3.05, 3.63) is 64.8 Å². The van der Waals surface area contributed by atoms with Crippen molar-refractivity contribution in [2.75, 3.05) is 26.7 Å². The van der Waals surface area contributed by atoms with E-state index in [0.717, 1.165) is 5.56 Å². The van der Waals surface area contributed by atoms with Crippen molar-refractivity contribution in [3.63, 3.8) is 0 Å². The fourth-order valence-electron chi connectivity index (χ4n) is 3.35. The number of methoxy groups -OCH3 is 1. The molecule has 8 nitrogen and oxygen atoms in total. The number of aromatic nitrogens is 3.